The average Bonchev–Trinajstić information content (AvgIpc) is 2.91. The molecule has 1 aliphatic rings. The van der Waals surface area contributed by atoms with Crippen molar-refractivity contribution in [3.05, 3.63) is 34.9 Å². The van der Waals surface area contributed by atoms with Gasteiger partial charge in [-0.05, 0) is 24.0 Å². The van der Waals surface area contributed by atoms with Crippen molar-refractivity contribution in [1.29, 1.82) is 0 Å². The Morgan fingerprint density at radius 2 is 2.00 bits per heavy atom. The molecule has 1 fully saturated rings. The van der Waals surface area contributed by atoms with Gasteiger partial charge in [-0.25, -0.2) is 0 Å². The molecule has 0 radical (unpaired) electrons. The Labute approximate surface area is 133 Å². The topological polar surface area (TPSA) is 57.6 Å². The maximum atomic E-state index is 12.1. The van der Waals surface area contributed by atoms with Crippen molar-refractivity contribution in [1.82, 2.24) is 4.90 Å². The third-order valence-electron chi connectivity index (χ3n) is 3.81. The number of rotatable bonds is 5. The highest BCUT2D eigenvalue weighted by molar-refractivity contribution is 7.98. The number of carbonyl (C=O) groups excluding carboxylic acids is 1. The number of aliphatic carboxylic acids is 1. The molecule has 21 heavy (non-hydrogen) atoms. The third kappa shape index (κ3) is 3.92. The molecule has 1 saturated heterocycles. The lowest BCUT2D eigenvalue weighted by atomic mass is 9.89. The van der Waals surface area contributed by atoms with E-state index >= 15 is 0 Å². The zero-order chi connectivity index (χ0) is 15.4. The van der Waals surface area contributed by atoms with Gasteiger partial charge in [-0.3, -0.25) is 9.59 Å². The molecule has 0 aliphatic carbocycles. The smallest absolute Gasteiger partial charge is 0.308 e. The number of thioether (sulfide) groups is 1. The Bertz CT molecular complexity index is 520. The van der Waals surface area contributed by atoms with Crippen LogP contribution in [-0.2, 0) is 9.59 Å². The Morgan fingerprint density at radius 1 is 1.33 bits per heavy atom. The number of halogens is 1. The molecular formula is C15H18ClNO3S. The van der Waals surface area contributed by atoms with E-state index in [1.54, 1.807) is 28.8 Å². The van der Waals surface area contributed by atoms with E-state index in [-0.39, 0.29) is 18.4 Å². The van der Waals surface area contributed by atoms with Crippen LogP contribution in [0.25, 0.3) is 0 Å². The number of benzene rings is 1. The minimum absolute atomic E-state index is 0.0343. The summed E-state index contributed by atoms with van der Waals surface area (Å²) < 4.78 is 0. The monoisotopic (exact) mass is 327 g/mol. The second-order valence-corrected chi connectivity index (χ2v) is 6.57. The van der Waals surface area contributed by atoms with E-state index in [0.29, 0.717) is 18.0 Å². The predicted octanol–water partition coefficient (Wildman–Crippen LogP) is 2.72. The fourth-order valence-corrected chi connectivity index (χ4v) is 3.16. The van der Waals surface area contributed by atoms with Crippen LogP contribution >= 0.6 is 23.4 Å². The first kappa shape index (κ1) is 16.2. The van der Waals surface area contributed by atoms with Gasteiger partial charge in [0.1, 0.15) is 0 Å². The lowest BCUT2D eigenvalue weighted by molar-refractivity contribution is -0.141. The van der Waals surface area contributed by atoms with Crippen molar-refractivity contribution in [2.24, 2.45) is 5.92 Å². The molecule has 114 valence electrons. The average molecular weight is 328 g/mol. The quantitative estimate of drug-likeness (QED) is 0.903. The van der Waals surface area contributed by atoms with Gasteiger partial charge in [0.2, 0.25) is 5.91 Å². The molecule has 0 spiro atoms. The van der Waals surface area contributed by atoms with E-state index in [1.165, 1.54) is 0 Å². The van der Waals surface area contributed by atoms with Crippen LogP contribution in [0.2, 0.25) is 5.02 Å². The van der Waals surface area contributed by atoms with Crippen LogP contribution in [0.1, 0.15) is 17.9 Å². The first-order valence-electron chi connectivity index (χ1n) is 6.78. The van der Waals surface area contributed by atoms with Gasteiger partial charge in [0.15, 0.2) is 0 Å². The van der Waals surface area contributed by atoms with Crippen molar-refractivity contribution in [2.75, 3.05) is 25.1 Å². The van der Waals surface area contributed by atoms with Gasteiger partial charge in [0.25, 0.3) is 0 Å². The highest BCUT2D eigenvalue weighted by atomic mass is 35.5. The van der Waals surface area contributed by atoms with Gasteiger partial charge in [-0.2, -0.15) is 11.8 Å². The highest BCUT2D eigenvalue weighted by Gasteiger charge is 2.40. The molecule has 2 atom stereocenters. The lowest BCUT2D eigenvalue weighted by Crippen LogP contribution is -2.30. The zero-order valence-corrected chi connectivity index (χ0v) is 13.4. The molecule has 1 N–H and O–H groups in total. The Kier molecular flexibility index (Phi) is 5.53. The second-order valence-electron chi connectivity index (χ2n) is 5.14. The predicted molar refractivity (Wildman–Crippen MR) is 84.9 cm³/mol. The minimum atomic E-state index is -0.852. The summed E-state index contributed by atoms with van der Waals surface area (Å²) in [5.74, 6) is -0.775. The Balaban J connectivity index is 2.14. The number of hydrogen-bond donors (Lipinski definition) is 1. The summed E-state index contributed by atoms with van der Waals surface area (Å²) in [7, 11) is 0. The summed E-state index contributed by atoms with van der Waals surface area (Å²) in [6.07, 6.45) is 2.41. The van der Waals surface area contributed by atoms with Crippen LogP contribution < -0.4 is 0 Å². The summed E-state index contributed by atoms with van der Waals surface area (Å²) in [6.45, 7) is 0.752. The normalized spacial score (nSPS) is 21.5. The van der Waals surface area contributed by atoms with Crippen LogP contribution in [0.3, 0.4) is 0 Å². The van der Waals surface area contributed by atoms with Crippen molar-refractivity contribution in [3.8, 4) is 0 Å². The van der Waals surface area contributed by atoms with Gasteiger partial charge >= 0.3 is 5.97 Å². The maximum absolute atomic E-state index is 12.1. The Morgan fingerprint density at radius 3 is 2.57 bits per heavy atom. The summed E-state index contributed by atoms with van der Waals surface area (Å²) in [5, 5.41) is 10.0. The summed E-state index contributed by atoms with van der Waals surface area (Å²) in [5.41, 5.74) is 0.923. The van der Waals surface area contributed by atoms with Gasteiger partial charge in [0, 0.05) is 36.2 Å². The van der Waals surface area contributed by atoms with Gasteiger partial charge in [0.05, 0.1) is 5.92 Å². The summed E-state index contributed by atoms with van der Waals surface area (Å²) >= 11 is 7.49. The molecule has 0 unspecified atom stereocenters. The molecule has 1 heterocycles. The number of likely N-dealkylation sites (tertiary alicyclic amines) is 1. The van der Waals surface area contributed by atoms with Crippen LogP contribution in [0.5, 0.6) is 0 Å². The minimum Gasteiger partial charge on any atom is -0.481 e. The van der Waals surface area contributed by atoms with Crippen LogP contribution in [0, 0.1) is 5.92 Å². The van der Waals surface area contributed by atoms with E-state index in [1.807, 2.05) is 18.4 Å². The maximum Gasteiger partial charge on any atom is 0.308 e. The first-order chi connectivity index (χ1) is 10.0. The molecule has 4 nitrogen and oxygen atoms in total. The highest BCUT2D eigenvalue weighted by Crippen LogP contribution is 2.33. The third-order valence-corrected chi connectivity index (χ3v) is 4.67. The fourth-order valence-electron chi connectivity index (χ4n) is 2.65. The number of carbonyl (C=O) groups is 2. The number of carboxylic acid groups (broad SMARTS) is 1. The van der Waals surface area contributed by atoms with E-state index in [4.69, 9.17) is 11.6 Å². The van der Waals surface area contributed by atoms with Crippen molar-refractivity contribution < 1.29 is 14.7 Å². The molecule has 0 bridgehead atoms. The molecule has 1 aromatic carbocycles. The standard InChI is InChI=1S/C15H18ClNO3S/c1-21-7-6-14(18)17-8-12(13(9-17)15(19)20)10-2-4-11(16)5-3-10/h2-5,12-13H,6-9H2,1H3,(H,19,20)/t12-,13+/m0/s1. The molecular weight excluding hydrogens is 310 g/mol. The molecule has 1 amide bonds. The number of carboxylic acids is 1. The number of hydrogen-bond acceptors (Lipinski definition) is 3. The van der Waals surface area contributed by atoms with E-state index in [0.717, 1.165) is 11.3 Å². The lowest BCUT2D eigenvalue weighted by Gasteiger charge is -2.16. The van der Waals surface area contributed by atoms with Crippen molar-refractivity contribution in [3.63, 3.8) is 0 Å². The van der Waals surface area contributed by atoms with Crippen LogP contribution in [0.4, 0.5) is 0 Å². The molecule has 0 aromatic heterocycles. The molecule has 6 heteroatoms. The molecule has 0 saturated carbocycles. The largest absolute Gasteiger partial charge is 0.481 e. The molecule has 1 aliphatic heterocycles. The van der Waals surface area contributed by atoms with Gasteiger partial charge in [-0.15, -0.1) is 0 Å². The van der Waals surface area contributed by atoms with Crippen LogP contribution in [0.15, 0.2) is 24.3 Å². The number of nitrogens with zero attached hydrogens (tertiary/aromatic N) is 1. The van der Waals surface area contributed by atoms with E-state index in [2.05, 4.69) is 0 Å². The SMILES string of the molecule is CSCCC(=O)N1C[C@@H](C(=O)O)[C@H](c2ccc(Cl)cc2)C1. The zero-order valence-electron chi connectivity index (χ0n) is 11.8. The van der Waals surface area contributed by atoms with E-state index < -0.39 is 11.9 Å². The van der Waals surface area contributed by atoms with Crippen molar-refractivity contribution in [2.45, 2.75) is 12.3 Å². The van der Waals surface area contributed by atoms with Gasteiger partial charge in [-0.1, -0.05) is 23.7 Å². The summed E-state index contributed by atoms with van der Waals surface area (Å²) in [4.78, 5) is 25.2. The van der Waals surface area contributed by atoms with Crippen LogP contribution in [-0.4, -0.2) is 47.0 Å². The first-order valence-corrected chi connectivity index (χ1v) is 8.55. The second kappa shape index (κ2) is 7.18. The molecule has 1 aromatic rings. The number of amides is 1. The van der Waals surface area contributed by atoms with Crippen molar-refractivity contribution >= 4 is 35.2 Å². The van der Waals surface area contributed by atoms with E-state index in [9.17, 15) is 14.7 Å². The summed E-state index contributed by atoms with van der Waals surface area (Å²) in [6, 6.07) is 7.21. The molecule has 2 rings (SSSR count). The fraction of sp³-hybridized carbons (Fsp3) is 0.467. The van der Waals surface area contributed by atoms with Gasteiger partial charge < -0.3 is 10.0 Å². The Hall–Kier alpha value is -1.20.